The lowest BCUT2D eigenvalue weighted by Gasteiger charge is -2.17. The summed E-state index contributed by atoms with van der Waals surface area (Å²) in [7, 11) is 0. The van der Waals surface area contributed by atoms with E-state index in [0.717, 1.165) is 35.5 Å². The predicted octanol–water partition coefficient (Wildman–Crippen LogP) is 6.87. The third-order valence-electron chi connectivity index (χ3n) is 6.16. The Kier molecular flexibility index (Phi) is 10.1. The van der Waals surface area contributed by atoms with Crippen molar-refractivity contribution in [1.82, 2.24) is 15.3 Å². The van der Waals surface area contributed by atoms with Crippen LogP contribution in [-0.2, 0) is 6.61 Å². The van der Waals surface area contributed by atoms with Crippen LogP contribution in [0, 0.1) is 5.92 Å². The Morgan fingerprint density at radius 3 is 2.57 bits per heavy atom. The molecule has 0 spiro atoms. The van der Waals surface area contributed by atoms with E-state index < -0.39 is 0 Å². The fraction of sp³-hybridized carbons (Fsp3) is 0.414. The number of anilines is 2. The molecule has 2 heterocycles. The summed E-state index contributed by atoms with van der Waals surface area (Å²) in [5, 5.41) is 6.45. The molecule has 0 bridgehead atoms. The van der Waals surface area contributed by atoms with Crippen molar-refractivity contribution in [2.24, 2.45) is 5.92 Å². The van der Waals surface area contributed by atoms with E-state index in [2.05, 4.69) is 48.3 Å². The third kappa shape index (κ3) is 8.09. The molecule has 6 heteroatoms. The number of hydrogen-bond acceptors (Lipinski definition) is 5. The molecule has 2 N–H and O–H groups in total. The average molecular weight is 475 g/mol. The molecule has 1 atom stereocenters. The molecule has 0 aliphatic carbocycles. The van der Waals surface area contributed by atoms with Gasteiger partial charge in [-0.15, -0.1) is 0 Å². The number of carbonyl (C=O) groups is 1. The van der Waals surface area contributed by atoms with E-state index in [1.807, 2.05) is 36.4 Å². The van der Waals surface area contributed by atoms with E-state index in [-0.39, 0.29) is 11.8 Å². The van der Waals surface area contributed by atoms with Crippen molar-refractivity contribution in [3.8, 4) is 5.75 Å². The number of ether oxygens (including phenoxy) is 1. The molecule has 3 rings (SSSR count). The number of rotatable bonds is 13. The number of hydrogen-bond donors (Lipinski definition) is 2. The molecular formula is C29H38N4O2. The summed E-state index contributed by atoms with van der Waals surface area (Å²) < 4.78 is 5.96. The minimum Gasteiger partial charge on any atom is -0.487 e. The lowest BCUT2D eigenvalue weighted by atomic mass is 9.97. The first-order chi connectivity index (χ1) is 17.0. The van der Waals surface area contributed by atoms with Gasteiger partial charge in [0, 0.05) is 30.2 Å². The first-order valence-corrected chi connectivity index (χ1v) is 12.7. The van der Waals surface area contributed by atoms with Crippen molar-refractivity contribution in [2.45, 2.75) is 65.9 Å². The molecule has 0 saturated heterocycles. The van der Waals surface area contributed by atoms with E-state index in [4.69, 9.17) is 4.74 Å². The third-order valence-corrected chi connectivity index (χ3v) is 6.16. The van der Waals surface area contributed by atoms with Crippen LogP contribution in [0.1, 0.15) is 80.9 Å². The van der Waals surface area contributed by atoms with Crippen molar-refractivity contribution >= 4 is 17.4 Å². The lowest BCUT2D eigenvalue weighted by Crippen LogP contribution is -2.26. The predicted molar refractivity (Wildman–Crippen MR) is 142 cm³/mol. The smallest absolute Gasteiger partial charge is 0.251 e. The summed E-state index contributed by atoms with van der Waals surface area (Å²) >= 11 is 0. The Hall–Kier alpha value is -3.41. The van der Waals surface area contributed by atoms with Crippen LogP contribution in [0.3, 0.4) is 0 Å². The number of pyridine rings is 2. The average Bonchev–Trinajstić information content (AvgIpc) is 2.88. The second-order valence-electron chi connectivity index (χ2n) is 9.18. The van der Waals surface area contributed by atoms with Gasteiger partial charge in [0.2, 0.25) is 0 Å². The fourth-order valence-corrected chi connectivity index (χ4v) is 4.09. The highest BCUT2D eigenvalue weighted by atomic mass is 16.5. The maximum Gasteiger partial charge on any atom is 0.251 e. The Balaban J connectivity index is 1.64. The van der Waals surface area contributed by atoms with Crippen LogP contribution in [0.15, 0.2) is 60.9 Å². The second kappa shape index (κ2) is 13.5. The zero-order valence-corrected chi connectivity index (χ0v) is 21.4. The monoisotopic (exact) mass is 474 g/mol. The summed E-state index contributed by atoms with van der Waals surface area (Å²) in [4.78, 5) is 21.4. The van der Waals surface area contributed by atoms with Gasteiger partial charge < -0.3 is 15.4 Å². The zero-order chi connectivity index (χ0) is 25.0. The molecular weight excluding hydrogens is 436 g/mol. The SMILES string of the molecule is CCCC(CC)CCNC(=O)c1ccnc(Nc2ccc(OCc3ccccn3)cc2C(C)C)c1. The molecule has 1 amide bonds. The van der Waals surface area contributed by atoms with Gasteiger partial charge in [0.15, 0.2) is 0 Å². The molecule has 3 aromatic rings. The molecule has 1 unspecified atom stereocenters. The maximum atomic E-state index is 12.7. The van der Waals surface area contributed by atoms with E-state index in [9.17, 15) is 4.79 Å². The van der Waals surface area contributed by atoms with Gasteiger partial charge in [-0.1, -0.05) is 53.0 Å². The quantitative estimate of drug-likeness (QED) is 0.283. The first kappa shape index (κ1) is 26.2. The number of carbonyl (C=O) groups excluding carboxylic acids is 1. The van der Waals surface area contributed by atoms with Gasteiger partial charge in [0.25, 0.3) is 5.91 Å². The molecule has 0 radical (unpaired) electrons. The van der Waals surface area contributed by atoms with Gasteiger partial charge in [0.1, 0.15) is 18.2 Å². The summed E-state index contributed by atoms with van der Waals surface area (Å²) in [6.07, 6.45) is 7.99. The molecule has 0 saturated carbocycles. The summed E-state index contributed by atoms with van der Waals surface area (Å²) in [5.41, 5.74) is 3.55. The van der Waals surface area contributed by atoms with E-state index in [1.165, 1.54) is 12.8 Å². The van der Waals surface area contributed by atoms with E-state index >= 15 is 0 Å². The van der Waals surface area contributed by atoms with Crippen molar-refractivity contribution in [3.05, 3.63) is 77.7 Å². The largest absolute Gasteiger partial charge is 0.487 e. The van der Waals surface area contributed by atoms with Gasteiger partial charge in [-0.2, -0.15) is 0 Å². The molecule has 0 aliphatic rings. The number of nitrogens with zero attached hydrogens (tertiary/aromatic N) is 2. The van der Waals surface area contributed by atoms with Crippen LogP contribution in [-0.4, -0.2) is 22.4 Å². The van der Waals surface area contributed by atoms with Crippen LogP contribution < -0.4 is 15.4 Å². The fourth-order valence-electron chi connectivity index (χ4n) is 4.09. The van der Waals surface area contributed by atoms with Crippen LogP contribution >= 0.6 is 0 Å². The number of benzene rings is 1. The van der Waals surface area contributed by atoms with Gasteiger partial charge in [-0.25, -0.2) is 4.98 Å². The number of nitrogens with one attached hydrogen (secondary N) is 2. The Labute approximate surface area is 209 Å². The highest BCUT2D eigenvalue weighted by Gasteiger charge is 2.12. The van der Waals surface area contributed by atoms with Gasteiger partial charge in [-0.05, 0) is 66.3 Å². The summed E-state index contributed by atoms with van der Waals surface area (Å²) in [5.74, 6) is 2.31. The van der Waals surface area contributed by atoms with Gasteiger partial charge in [0.05, 0.1) is 5.69 Å². The normalized spacial score (nSPS) is 11.8. The number of aromatic nitrogens is 2. The topological polar surface area (TPSA) is 76.1 Å². The summed E-state index contributed by atoms with van der Waals surface area (Å²) in [6.45, 7) is 9.82. The summed E-state index contributed by atoms with van der Waals surface area (Å²) in [6, 6.07) is 15.3. The minimum absolute atomic E-state index is 0.0656. The highest BCUT2D eigenvalue weighted by Crippen LogP contribution is 2.31. The van der Waals surface area contributed by atoms with Gasteiger partial charge in [-0.3, -0.25) is 9.78 Å². The highest BCUT2D eigenvalue weighted by molar-refractivity contribution is 5.94. The molecule has 2 aromatic heterocycles. The Morgan fingerprint density at radius 1 is 1.00 bits per heavy atom. The molecule has 186 valence electrons. The molecule has 35 heavy (non-hydrogen) atoms. The van der Waals surface area contributed by atoms with E-state index in [0.29, 0.717) is 30.5 Å². The molecule has 0 aliphatic heterocycles. The van der Waals surface area contributed by atoms with Crippen molar-refractivity contribution in [1.29, 1.82) is 0 Å². The first-order valence-electron chi connectivity index (χ1n) is 12.7. The number of amides is 1. The standard InChI is InChI=1S/C29H38N4O2/c1-5-9-22(6-2)13-16-32-29(34)23-14-17-31-28(18-23)33-27-12-11-25(19-26(27)21(3)4)35-20-24-10-7-8-15-30-24/h7-8,10-12,14-15,17-19,21-22H,5-6,9,13,16,20H2,1-4H3,(H,31,33)(H,32,34). The van der Waals surface area contributed by atoms with Crippen LogP contribution in [0.2, 0.25) is 0 Å². The molecule has 1 aromatic carbocycles. The van der Waals surface area contributed by atoms with Gasteiger partial charge >= 0.3 is 0 Å². The van der Waals surface area contributed by atoms with Crippen molar-refractivity contribution < 1.29 is 9.53 Å². The second-order valence-corrected chi connectivity index (χ2v) is 9.18. The Morgan fingerprint density at radius 2 is 1.86 bits per heavy atom. The molecule has 0 fully saturated rings. The minimum atomic E-state index is -0.0656. The Bertz CT molecular complexity index is 1070. The van der Waals surface area contributed by atoms with Crippen LogP contribution in [0.4, 0.5) is 11.5 Å². The van der Waals surface area contributed by atoms with Crippen LogP contribution in [0.25, 0.3) is 0 Å². The molecule has 6 nitrogen and oxygen atoms in total. The zero-order valence-electron chi connectivity index (χ0n) is 21.4. The lowest BCUT2D eigenvalue weighted by molar-refractivity contribution is 0.0951. The van der Waals surface area contributed by atoms with Crippen LogP contribution in [0.5, 0.6) is 5.75 Å². The van der Waals surface area contributed by atoms with Crippen molar-refractivity contribution in [3.63, 3.8) is 0 Å². The maximum absolute atomic E-state index is 12.7. The van der Waals surface area contributed by atoms with Crippen molar-refractivity contribution in [2.75, 3.05) is 11.9 Å². The van der Waals surface area contributed by atoms with E-state index in [1.54, 1.807) is 24.5 Å².